The molecule has 0 N–H and O–H groups in total. The van der Waals surface area contributed by atoms with E-state index >= 15 is 0 Å². The number of allylic oxidation sites excluding steroid dienone is 1. The summed E-state index contributed by atoms with van der Waals surface area (Å²) >= 11 is -0.00134. The van der Waals surface area contributed by atoms with Gasteiger partial charge in [0.05, 0.1) is 0 Å². The first-order valence-corrected chi connectivity index (χ1v) is 10.3. The normalized spacial score (nSPS) is 12.3. The molecule has 130 valence electrons. The van der Waals surface area contributed by atoms with Crippen LogP contribution in [0.2, 0.25) is 0 Å². The molecule has 0 heterocycles. The molecule has 0 saturated heterocycles. The van der Waals surface area contributed by atoms with Crippen LogP contribution in [0.3, 0.4) is 0 Å². The number of alkyl halides is 3. The van der Waals surface area contributed by atoms with E-state index in [9.17, 15) is 13.2 Å². The van der Waals surface area contributed by atoms with Crippen LogP contribution in [-0.2, 0) is 10.1 Å². The first kappa shape index (κ1) is 20.7. The van der Waals surface area contributed by atoms with Gasteiger partial charge in [0.1, 0.15) is 0 Å². The molecule has 0 spiro atoms. The fourth-order valence-electron chi connectivity index (χ4n) is 1.40. The SMILES string of the molecule is C/C(=C\[I+]c1ccccc1)c1ccccc1.O=S(=O)([O-])C(F)(F)F. The lowest BCUT2D eigenvalue weighted by Crippen LogP contribution is -3.59. The Bertz CT molecular complexity index is 758. The van der Waals surface area contributed by atoms with E-state index in [0.29, 0.717) is 0 Å². The Kier molecular flexibility index (Phi) is 7.91. The Labute approximate surface area is 149 Å². The van der Waals surface area contributed by atoms with Crippen molar-refractivity contribution in [3.8, 4) is 0 Å². The molecule has 0 atom stereocenters. The van der Waals surface area contributed by atoms with Gasteiger partial charge in [0.2, 0.25) is 0 Å². The van der Waals surface area contributed by atoms with Crippen molar-refractivity contribution in [2.45, 2.75) is 12.4 Å². The van der Waals surface area contributed by atoms with Gasteiger partial charge in [-0.05, 0) is 24.6 Å². The summed E-state index contributed by atoms with van der Waals surface area (Å²) in [5.41, 5.74) is -2.93. The fourth-order valence-corrected chi connectivity index (χ4v) is 3.41. The van der Waals surface area contributed by atoms with Crippen molar-refractivity contribution in [2.24, 2.45) is 0 Å². The molecule has 2 aromatic carbocycles. The number of hydrogen-bond donors (Lipinski definition) is 0. The standard InChI is InChI=1S/C15H14I.CHF3O3S/c1-13(14-8-4-2-5-9-14)12-16-15-10-6-3-7-11-15;2-1(3,4)8(5,6)7/h2-12H,1H3;(H,5,6,7)/q+1;/p-1/b13-12+;. The minimum absolute atomic E-state index is 0.00134. The van der Waals surface area contributed by atoms with Gasteiger partial charge >= 0.3 is 26.7 Å². The van der Waals surface area contributed by atoms with Crippen molar-refractivity contribution in [3.05, 3.63) is 73.9 Å². The third-order valence-electron chi connectivity index (χ3n) is 2.59. The number of hydrogen-bond acceptors (Lipinski definition) is 3. The average Bonchev–Trinajstić information content (AvgIpc) is 2.53. The van der Waals surface area contributed by atoms with Crippen molar-refractivity contribution in [1.29, 1.82) is 0 Å². The quantitative estimate of drug-likeness (QED) is 0.383. The first-order valence-electron chi connectivity index (χ1n) is 6.54. The monoisotopic (exact) mass is 470 g/mol. The highest BCUT2D eigenvalue weighted by molar-refractivity contribution is 7.86. The lowest BCUT2D eigenvalue weighted by atomic mass is 10.1. The fraction of sp³-hybridized carbons (Fsp3) is 0.125. The van der Waals surface area contributed by atoms with Gasteiger partial charge in [-0.3, -0.25) is 0 Å². The van der Waals surface area contributed by atoms with Gasteiger partial charge in [-0.25, -0.2) is 8.42 Å². The molecule has 3 nitrogen and oxygen atoms in total. The molecular formula is C16H14F3IO3S. The van der Waals surface area contributed by atoms with Gasteiger partial charge in [0.25, 0.3) is 0 Å². The predicted molar refractivity (Wildman–Crippen MR) is 81.0 cm³/mol. The molecule has 0 aliphatic rings. The molecule has 0 bridgehead atoms. The van der Waals surface area contributed by atoms with Gasteiger partial charge in [-0.1, -0.05) is 48.5 Å². The van der Waals surface area contributed by atoms with Gasteiger partial charge in [0, 0.05) is 5.57 Å². The summed E-state index contributed by atoms with van der Waals surface area (Å²) in [7, 11) is -6.09. The van der Waals surface area contributed by atoms with Crippen LogP contribution in [0.15, 0.2) is 64.7 Å². The van der Waals surface area contributed by atoms with E-state index in [4.69, 9.17) is 13.0 Å². The summed E-state index contributed by atoms with van der Waals surface area (Å²) in [5.74, 6) is 0. The lowest BCUT2D eigenvalue weighted by molar-refractivity contribution is -0.556. The zero-order valence-corrected chi connectivity index (χ0v) is 15.5. The van der Waals surface area contributed by atoms with Crippen molar-refractivity contribution < 1.29 is 47.3 Å². The number of halogens is 4. The zero-order valence-electron chi connectivity index (χ0n) is 12.5. The topological polar surface area (TPSA) is 57.2 Å². The lowest BCUT2D eigenvalue weighted by Gasteiger charge is -2.08. The highest BCUT2D eigenvalue weighted by Crippen LogP contribution is 2.20. The van der Waals surface area contributed by atoms with E-state index in [0.717, 1.165) is 0 Å². The summed E-state index contributed by atoms with van der Waals surface area (Å²) in [6, 6.07) is 21.3. The number of benzene rings is 2. The molecule has 0 unspecified atom stereocenters. The molecule has 0 aliphatic carbocycles. The summed E-state index contributed by atoms with van der Waals surface area (Å²) in [4.78, 5) is 0. The maximum absolute atomic E-state index is 10.7. The molecule has 0 aromatic heterocycles. The third kappa shape index (κ3) is 7.45. The van der Waals surface area contributed by atoms with E-state index < -0.39 is 15.6 Å². The van der Waals surface area contributed by atoms with Crippen LogP contribution in [0.4, 0.5) is 13.2 Å². The molecule has 0 radical (unpaired) electrons. The Balaban J connectivity index is 0.000000307. The predicted octanol–water partition coefficient (Wildman–Crippen LogP) is 1.06. The summed E-state index contributed by atoms with van der Waals surface area (Å²) in [6.45, 7) is 2.19. The van der Waals surface area contributed by atoms with Crippen LogP contribution >= 0.6 is 0 Å². The van der Waals surface area contributed by atoms with Gasteiger partial charge in [0.15, 0.2) is 17.8 Å². The Hall–Kier alpha value is -1.39. The van der Waals surface area contributed by atoms with Crippen LogP contribution in [0.5, 0.6) is 0 Å². The van der Waals surface area contributed by atoms with E-state index in [2.05, 4.69) is 71.7 Å². The molecule has 8 heteroatoms. The maximum atomic E-state index is 10.7. The molecule has 0 amide bonds. The Morgan fingerprint density at radius 3 is 1.83 bits per heavy atom. The maximum Gasteiger partial charge on any atom is 0.485 e. The number of rotatable bonds is 3. The van der Waals surface area contributed by atoms with Crippen LogP contribution < -0.4 is 21.2 Å². The molecule has 0 fully saturated rings. The molecule has 0 saturated carbocycles. The second-order valence-corrected chi connectivity index (χ2v) is 8.33. The van der Waals surface area contributed by atoms with Gasteiger partial charge in [-0.2, -0.15) is 13.2 Å². The van der Waals surface area contributed by atoms with Crippen LogP contribution in [0, 0.1) is 3.57 Å². The minimum Gasteiger partial charge on any atom is -0.741 e. The Morgan fingerprint density at radius 1 is 1.00 bits per heavy atom. The smallest absolute Gasteiger partial charge is 0.485 e. The van der Waals surface area contributed by atoms with Gasteiger partial charge in [-0.15, -0.1) is 0 Å². The van der Waals surface area contributed by atoms with Crippen molar-refractivity contribution in [1.82, 2.24) is 0 Å². The van der Waals surface area contributed by atoms with E-state index in [1.165, 1.54) is 14.7 Å². The molecule has 2 rings (SSSR count). The van der Waals surface area contributed by atoms with E-state index in [1.807, 2.05) is 0 Å². The second kappa shape index (κ2) is 9.19. The molecular weight excluding hydrogens is 456 g/mol. The molecule has 24 heavy (non-hydrogen) atoms. The highest BCUT2D eigenvalue weighted by atomic mass is 127. The van der Waals surface area contributed by atoms with Crippen molar-refractivity contribution in [3.63, 3.8) is 0 Å². The summed E-state index contributed by atoms with van der Waals surface area (Å²) < 4.78 is 62.8. The second-order valence-electron chi connectivity index (χ2n) is 4.46. The van der Waals surface area contributed by atoms with E-state index in [-0.39, 0.29) is 21.2 Å². The Morgan fingerprint density at radius 2 is 1.42 bits per heavy atom. The van der Waals surface area contributed by atoms with Crippen LogP contribution in [0.25, 0.3) is 5.57 Å². The molecule has 2 aromatic rings. The summed E-state index contributed by atoms with van der Waals surface area (Å²) in [5, 5.41) is 0. The minimum atomic E-state index is -6.09. The van der Waals surface area contributed by atoms with E-state index in [1.54, 1.807) is 0 Å². The highest BCUT2D eigenvalue weighted by Gasteiger charge is 2.36. The van der Waals surface area contributed by atoms with Gasteiger partial charge < -0.3 is 4.55 Å². The van der Waals surface area contributed by atoms with Crippen LogP contribution in [-0.4, -0.2) is 18.5 Å². The van der Waals surface area contributed by atoms with Crippen molar-refractivity contribution >= 4 is 15.7 Å². The molecule has 0 aliphatic heterocycles. The summed E-state index contributed by atoms with van der Waals surface area (Å²) in [6.07, 6.45) is 0. The van der Waals surface area contributed by atoms with Crippen molar-refractivity contribution in [2.75, 3.05) is 0 Å². The zero-order chi connectivity index (χ0) is 18.2. The first-order chi connectivity index (χ1) is 11.1. The van der Waals surface area contributed by atoms with Crippen LogP contribution in [0.1, 0.15) is 12.5 Å². The average molecular weight is 470 g/mol. The third-order valence-corrected chi connectivity index (χ3v) is 5.84. The largest absolute Gasteiger partial charge is 0.741 e.